The first-order valence-corrected chi connectivity index (χ1v) is 13.4. The molecule has 1 atom stereocenters. The Morgan fingerprint density at radius 1 is 0.697 bits per heavy atom. The van der Waals surface area contributed by atoms with E-state index in [0.717, 1.165) is 54.2 Å². The molecule has 0 aliphatic rings. The summed E-state index contributed by atoms with van der Waals surface area (Å²) in [4.78, 5) is 4.88. The van der Waals surface area contributed by atoms with Crippen LogP contribution in [0.2, 0.25) is 0 Å². The van der Waals surface area contributed by atoms with Crippen LogP contribution >= 0.6 is 0 Å². The number of benzene rings is 3. The monoisotopic (exact) mass is 464 g/mol. The molecule has 1 unspecified atom stereocenters. The van der Waals surface area contributed by atoms with Gasteiger partial charge in [0.15, 0.2) is 9.84 Å². The lowest BCUT2D eigenvalue weighted by Gasteiger charge is -2.26. The molecule has 0 bridgehead atoms. The van der Waals surface area contributed by atoms with Crippen LogP contribution < -0.4 is 9.80 Å². The molecular weight excluding hydrogens is 428 g/mol. The van der Waals surface area contributed by atoms with E-state index in [-0.39, 0.29) is 0 Å². The quantitative estimate of drug-likeness (QED) is 0.355. The van der Waals surface area contributed by atoms with Crippen molar-refractivity contribution in [1.29, 1.82) is 0 Å². The number of aryl methyl sites for hydroxylation is 1. The summed E-state index contributed by atoms with van der Waals surface area (Å²) < 4.78 is 27.9. The highest BCUT2D eigenvalue weighted by Crippen LogP contribution is 2.38. The van der Waals surface area contributed by atoms with Gasteiger partial charge in [-0.2, -0.15) is 0 Å². The van der Waals surface area contributed by atoms with Crippen LogP contribution in [0.15, 0.2) is 77.7 Å². The Kier molecular flexibility index (Phi) is 8.20. The van der Waals surface area contributed by atoms with Gasteiger partial charge in [-0.1, -0.05) is 36.4 Å². The Hall–Kier alpha value is -2.79. The molecule has 0 heterocycles. The van der Waals surface area contributed by atoms with Gasteiger partial charge in [0.25, 0.3) is 0 Å². The van der Waals surface area contributed by atoms with Gasteiger partial charge < -0.3 is 9.80 Å². The normalized spacial score (nSPS) is 12.4. The molecule has 0 N–H and O–H groups in total. The fourth-order valence-corrected chi connectivity index (χ4v) is 6.38. The first-order chi connectivity index (χ1) is 15.9. The predicted molar refractivity (Wildman–Crippen MR) is 140 cm³/mol. The Morgan fingerprint density at radius 3 is 1.73 bits per heavy atom. The summed E-state index contributed by atoms with van der Waals surface area (Å²) in [5.41, 5.74) is 4.82. The minimum atomic E-state index is -3.65. The van der Waals surface area contributed by atoms with Crippen molar-refractivity contribution < 1.29 is 8.42 Å². The molecular formula is C28H36N2O2S. The van der Waals surface area contributed by atoms with E-state index in [1.165, 1.54) is 0 Å². The SMILES string of the molecule is CCN(CC)c1ccc(C(c2ccc(N(CC)CC)cc2C)S(=O)(=O)c2ccccc2)cc1. The summed E-state index contributed by atoms with van der Waals surface area (Å²) in [6.45, 7) is 14.2. The van der Waals surface area contributed by atoms with Crippen LogP contribution in [-0.2, 0) is 9.84 Å². The smallest absolute Gasteiger partial charge is 0.189 e. The van der Waals surface area contributed by atoms with Gasteiger partial charge in [-0.15, -0.1) is 0 Å². The van der Waals surface area contributed by atoms with Crippen LogP contribution in [0.25, 0.3) is 0 Å². The molecule has 3 rings (SSSR count). The maximum absolute atomic E-state index is 13.9. The number of nitrogens with zero attached hydrogens (tertiary/aromatic N) is 2. The van der Waals surface area contributed by atoms with Gasteiger partial charge in [0.1, 0.15) is 5.25 Å². The van der Waals surface area contributed by atoms with Crippen molar-refractivity contribution in [3.8, 4) is 0 Å². The lowest BCUT2D eigenvalue weighted by atomic mass is 9.98. The highest BCUT2D eigenvalue weighted by molar-refractivity contribution is 7.92. The van der Waals surface area contributed by atoms with Crippen LogP contribution in [0, 0.1) is 6.92 Å². The topological polar surface area (TPSA) is 40.6 Å². The second-order valence-electron chi connectivity index (χ2n) is 8.22. The van der Waals surface area contributed by atoms with Crippen molar-refractivity contribution in [2.75, 3.05) is 36.0 Å². The van der Waals surface area contributed by atoms with Crippen LogP contribution in [0.3, 0.4) is 0 Å². The molecule has 0 spiro atoms. The fraction of sp³-hybridized carbons (Fsp3) is 0.357. The molecule has 0 aromatic heterocycles. The number of sulfone groups is 1. The maximum Gasteiger partial charge on any atom is 0.189 e. The van der Waals surface area contributed by atoms with E-state index in [4.69, 9.17) is 0 Å². The molecule has 0 radical (unpaired) electrons. The molecule has 3 aromatic carbocycles. The zero-order chi connectivity index (χ0) is 24.0. The fourth-order valence-electron chi connectivity index (χ4n) is 4.46. The molecule has 0 saturated heterocycles. The number of hydrogen-bond acceptors (Lipinski definition) is 4. The van der Waals surface area contributed by atoms with Crippen molar-refractivity contribution in [3.05, 3.63) is 89.5 Å². The van der Waals surface area contributed by atoms with Crippen LogP contribution in [0.1, 0.15) is 49.6 Å². The summed E-state index contributed by atoms with van der Waals surface area (Å²) in [5.74, 6) is 0. The second kappa shape index (κ2) is 10.9. The van der Waals surface area contributed by atoms with E-state index in [1.807, 2.05) is 49.4 Å². The van der Waals surface area contributed by atoms with Gasteiger partial charge in [0.05, 0.1) is 4.90 Å². The third-order valence-corrected chi connectivity index (χ3v) is 8.45. The summed E-state index contributed by atoms with van der Waals surface area (Å²) >= 11 is 0. The number of anilines is 2. The molecule has 33 heavy (non-hydrogen) atoms. The van der Waals surface area contributed by atoms with Crippen molar-refractivity contribution in [3.63, 3.8) is 0 Å². The van der Waals surface area contributed by atoms with Crippen molar-refractivity contribution in [2.24, 2.45) is 0 Å². The zero-order valence-corrected chi connectivity index (χ0v) is 21.3. The lowest BCUT2D eigenvalue weighted by Crippen LogP contribution is -2.23. The van der Waals surface area contributed by atoms with E-state index < -0.39 is 15.1 Å². The van der Waals surface area contributed by atoms with Gasteiger partial charge >= 0.3 is 0 Å². The molecule has 176 valence electrons. The average Bonchev–Trinajstić information content (AvgIpc) is 2.83. The summed E-state index contributed by atoms with van der Waals surface area (Å²) in [6.07, 6.45) is 0. The van der Waals surface area contributed by atoms with Crippen molar-refractivity contribution >= 4 is 21.2 Å². The highest BCUT2D eigenvalue weighted by Gasteiger charge is 2.32. The predicted octanol–water partition coefficient (Wildman–Crippen LogP) is 6.25. The highest BCUT2D eigenvalue weighted by atomic mass is 32.2. The van der Waals surface area contributed by atoms with Gasteiger partial charge in [0, 0.05) is 37.6 Å². The molecule has 4 nitrogen and oxygen atoms in total. The van der Waals surface area contributed by atoms with Crippen LogP contribution in [0.4, 0.5) is 11.4 Å². The van der Waals surface area contributed by atoms with Gasteiger partial charge in [0.2, 0.25) is 0 Å². The van der Waals surface area contributed by atoms with Crippen LogP contribution in [0.5, 0.6) is 0 Å². The Bertz CT molecular complexity index is 1130. The largest absolute Gasteiger partial charge is 0.372 e. The van der Waals surface area contributed by atoms with E-state index >= 15 is 0 Å². The summed E-state index contributed by atoms with van der Waals surface area (Å²) in [7, 11) is -3.65. The van der Waals surface area contributed by atoms with E-state index in [1.54, 1.807) is 24.3 Å². The van der Waals surface area contributed by atoms with Gasteiger partial charge in [-0.3, -0.25) is 0 Å². The van der Waals surface area contributed by atoms with Crippen LogP contribution in [-0.4, -0.2) is 34.6 Å². The molecule has 0 saturated carbocycles. The van der Waals surface area contributed by atoms with Gasteiger partial charge in [-0.25, -0.2) is 8.42 Å². The molecule has 3 aromatic rings. The van der Waals surface area contributed by atoms with E-state index in [2.05, 4.69) is 43.6 Å². The molecule has 0 amide bonds. The third-order valence-electron chi connectivity index (χ3n) is 6.37. The Labute approximate surface area is 199 Å². The molecule has 0 aliphatic heterocycles. The number of rotatable bonds is 10. The van der Waals surface area contributed by atoms with E-state index in [9.17, 15) is 8.42 Å². The average molecular weight is 465 g/mol. The standard InChI is InChI=1S/C28H36N2O2S/c1-6-29(7-2)24-17-15-23(16-18-24)28(33(31,32)26-13-11-10-12-14-26)27-20-19-25(21-22(27)5)30(8-3)9-4/h10-21,28H,6-9H2,1-5H3. The third kappa shape index (κ3) is 5.25. The summed E-state index contributed by atoms with van der Waals surface area (Å²) in [6, 6.07) is 22.9. The lowest BCUT2D eigenvalue weighted by molar-refractivity contribution is 0.589. The summed E-state index contributed by atoms with van der Waals surface area (Å²) in [5, 5.41) is -0.767. The molecule has 5 heteroatoms. The van der Waals surface area contributed by atoms with E-state index in [0.29, 0.717) is 4.90 Å². The minimum Gasteiger partial charge on any atom is -0.372 e. The van der Waals surface area contributed by atoms with Gasteiger partial charge in [-0.05, 0) is 87.7 Å². The Balaban J connectivity index is 2.15. The van der Waals surface area contributed by atoms with Crippen molar-refractivity contribution in [2.45, 2.75) is 44.8 Å². The maximum atomic E-state index is 13.9. The first-order valence-electron chi connectivity index (χ1n) is 11.9. The minimum absolute atomic E-state index is 0.343. The molecule has 0 aliphatic carbocycles. The number of hydrogen-bond donors (Lipinski definition) is 0. The zero-order valence-electron chi connectivity index (χ0n) is 20.5. The second-order valence-corrected chi connectivity index (χ2v) is 10.2. The van der Waals surface area contributed by atoms with Crippen molar-refractivity contribution in [1.82, 2.24) is 0 Å². The molecule has 0 fully saturated rings. The Morgan fingerprint density at radius 2 is 1.21 bits per heavy atom. The first kappa shape index (κ1) is 24.8.